The van der Waals surface area contributed by atoms with Crippen LogP contribution in [-0.4, -0.2) is 11.2 Å². The van der Waals surface area contributed by atoms with Gasteiger partial charge in [0.1, 0.15) is 12.4 Å². The first-order valence-electron chi connectivity index (χ1n) is 6.02. The van der Waals surface area contributed by atoms with E-state index in [1.54, 1.807) is 10.8 Å². The van der Waals surface area contributed by atoms with E-state index in [9.17, 15) is 4.79 Å². The lowest BCUT2D eigenvalue weighted by Crippen LogP contribution is -2.24. The van der Waals surface area contributed by atoms with Crippen LogP contribution in [0.5, 0.6) is 5.75 Å². The summed E-state index contributed by atoms with van der Waals surface area (Å²) in [4.78, 5) is 12.0. The Morgan fingerprint density at radius 2 is 1.90 bits per heavy atom. The maximum absolute atomic E-state index is 12.0. The van der Waals surface area contributed by atoms with Crippen molar-refractivity contribution >= 4 is 37.5 Å². The SMILES string of the molecule is Cc1c(N)cn(CCOc2ccc(Br)cc2)c(=O)c1Br. The van der Waals surface area contributed by atoms with Crippen molar-refractivity contribution in [3.8, 4) is 5.75 Å². The van der Waals surface area contributed by atoms with Gasteiger partial charge in [-0.2, -0.15) is 0 Å². The van der Waals surface area contributed by atoms with Gasteiger partial charge in [0, 0.05) is 10.7 Å². The van der Waals surface area contributed by atoms with E-state index >= 15 is 0 Å². The Morgan fingerprint density at radius 1 is 1.25 bits per heavy atom. The Labute approximate surface area is 133 Å². The number of rotatable bonds is 4. The van der Waals surface area contributed by atoms with Crippen molar-refractivity contribution in [1.82, 2.24) is 4.57 Å². The molecule has 1 heterocycles. The van der Waals surface area contributed by atoms with Gasteiger partial charge in [-0.25, -0.2) is 0 Å². The molecule has 0 atom stereocenters. The molecule has 2 rings (SSSR count). The Morgan fingerprint density at radius 3 is 2.55 bits per heavy atom. The molecule has 0 fully saturated rings. The lowest BCUT2D eigenvalue weighted by molar-refractivity contribution is 0.296. The van der Waals surface area contributed by atoms with Crippen LogP contribution < -0.4 is 16.0 Å². The summed E-state index contributed by atoms with van der Waals surface area (Å²) in [6.45, 7) is 2.65. The first kappa shape index (κ1) is 15.1. The topological polar surface area (TPSA) is 57.2 Å². The van der Waals surface area contributed by atoms with Gasteiger partial charge in [-0.15, -0.1) is 0 Å². The van der Waals surface area contributed by atoms with Crippen LogP contribution in [0.3, 0.4) is 0 Å². The van der Waals surface area contributed by atoms with Gasteiger partial charge in [0.05, 0.1) is 16.7 Å². The highest BCUT2D eigenvalue weighted by molar-refractivity contribution is 9.10. The van der Waals surface area contributed by atoms with Crippen molar-refractivity contribution in [2.24, 2.45) is 0 Å². The standard InChI is InChI=1S/C14H14Br2N2O2/c1-9-12(17)8-18(14(19)13(9)16)6-7-20-11-4-2-10(15)3-5-11/h2-5,8H,6-7,17H2,1H3. The number of aromatic nitrogens is 1. The normalized spacial score (nSPS) is 10.6. The molecule has 1 aromatic heterocycles. The van der Waals surface area contributed by atoms with Gasteiger partial charge in [0.25, 0.3) is 5.56 Å². The third-order valence-electron chi connectivity index (χ3n) is 2.92. The Kier molecular flexibility index (Phi) is 4.88. The van der Waals surface area contributed by atoms with Crippen LogP contribution >= 0.6 is 31.9 Å². The van der Waals surface area contributed by atoms with E-state index in [2.05, 4.69) is 31.9 Å². The second-order valence-electron chi connectivity index (χ2n) is 4.32. The van der Waals surface area contributed by atoms with Crippen molar-refractivity contribution < 1.29 is 4.74 Å². The summed E-state index contributed by atoms with van der Waals surface area (Å²) in [5.74, 6) is 0.764. The number of halogens is 2. The predicted octanol–water partition coefficient (Wildman–Crippen LogP) is 3.34. The summed E-state index contributed by atoms with van der Waals surface area (Å²) in [5.41, 5.74) is 7.10. The average Bonchev–Trinajstić information content (AvgIpc) is 2.44. The van der Waals surface area contributed by atoms with Gasteiger partial charge < -0.3 is 15.0 Å². The molecular weight excluding hydrogens is 388 g/mol. The Bertz CT molecular complexity index is 666. The van der Waals surface area contributed by atoms with Crippen LogP contribution in [0, 0.1) is 6.92 Å². The largest absolute Gasteiger partial charge is 0.492 e. The van der Waals surface area contributed by atoms with Gasteiger partial charge in [0.15, 0.2) is 0 Å². The maximum atomic E-state index is 12.0. The number of benzene rings is 1. The second kappa shape index (κ2) is 6.45. The Balaban J connectivity index is 2.05. The van der Waals surface area contributed by atoms with E-state index in [4.69, 9.17) is 10.5 Å². The molecule has 0 aliphatic rings. The van der Waals surface area contributed by atoms with Crippen LogP contribution in [0.15, 0.2) is 44.2 Å². The molecule has 0 saturated heterocycles. The minimum atomic E-state index is -0.101. The summed E-state index contributed by atoms with van der Waals surface area (Å²) in [6, 6.07) is 7.54. The number of hydrogen-bond donors (Lipinski definition) is 1. The van der Waals surface area contributed by atoms with Gasteiger partial charge in [-0.1, -0.05) is 15.9 Å². The Hall–Kier alpha value is -1.27. The van der Waals surface area contributed by atoms with E-state index in [0.717, 1.165) is 15.8 Å². The zero-order valence-electron chi connectivity index (χ0n) is 10.9. The molecule has 0 aliphatic carbocycles. The van der Waals surface area contributed by atoms with Crippen molar-refractivity contribution in [1.29, 1.82) is 0 Å². The minimum absolute atomic E-state index is 0.101. The van der Waals surface area contributed by atoms with Gasteiger partial charge in [-0.05, 0) is 52.7 Å². The summed E-state index contributed by atoms with van der Waals surface area (Å²) in [6.07, 6.45) is 1.65. The van der Waals surface area contributed by atoms with Gasteiger partial charge in [0.2, 0.25) is 0 Å². The fourth-order valence-corrected chi connectivity index (χ4v) is 2.42. The quantitative estimate of drug-likeness (QED) is 0.854. The first-order chi connectivity index (χ1) is 9.49. The van der Waals surface area contributed by atoms with Crippen LogP contribution in [0.1, 0.15) is 5.56 Å². The van der Waals surface area contributed by atoms with Crippen molar-refractivity contribution in [2.45, 2.75) is 13.5 Å². The van der Waals surface area contributed by atoms with Crippen LogP contribution in [-0.2, 0) is 6.54 Å². The van der Waals surface area contributed by atoms with Crippen LogP contribution in [0.2, 0.25) is 0 Å². The zero-order chi connectivity index (χ0) is 14.7. The number of ether oxygens (including phenoxy) is 1. The molecule has 4 nitrogen and oxygen atoms in total. The fourth-order valence-electron chi connectivity index (χ4n) is 1.70. The number of nitrogen functional groups attached to an aromatic ring is 1. The number of nitrogens with two attached hydrogens (primary N) is 1. The summed E-state index contributed by atoms with van der Waals surface area (Å²) in [7, 11) is 0. The highest BCUT2D eigenvalue weighted by atomic mass is 79.9. The molecule has 2 aromatic rings. The lowest BCUT2D eigenvalue weighted by Gasteiger charge is -2.11. The molecule has 2 N–H and O–H groups in total. The van der Waals surface area contributed by atoms with E-state index in [-0.39, 0.29) is 5.56 Å². The second-order valence-corrected chi connectivity index (χ2v) is 6.03. The highest BCUT2D eigenvalue weighted by Gasteiger charge is 2.08. The maximum Gasteiger partial charge on any atom is 0.265 e. The molecule has 0 amide bonds. The van der Waals surface area contributed by atoms with Crippen LogP contribution in [0.25, 0.3) is 0 Å². The molecule has 1 aromatic carbocycles. The number of anilines is 1. The van der Waals surface area contributed by atoms with E-state index < -0.39 is 0 Å². The molecule has 0 radical (unpaired) electrons. The average molecular weight is 402 g/mol. The molecule has 6 heteroatoms. The smallest absolute Gasteiger partial charge is 0.265 e. The van der Waals surface area contributed by atoms with Crippen LogP contribution in [0.4, 0.5) is 5.69 Å². The number of hydrogen-bond acceptors (Lipinski definition) is 3. The third-order valence-corrected chi connectivity index (χ3v) is 4.38. The number of pyridine rings is 1. The number of nitrogens with zero attached hydrogens (tertiary/aromatic N) is 1. The fraction of sp³-hybridized carbons (Fsp3) is 0.214. The van der Waals surface area contributed by atoms with E-state index in [1.807, 2.05) is 31.2 Å². The predicted molar refractivity (Wildman–Crippen MR) is 87.2 cm³/mol. The molecule has 0 saturated carbocycles. The van der Waals surface area contributed by atoms with E-state index in [0.29, 0.717) is 23.3 Å². The highest BCUT2D eigenvalue weighted by Crippen LogP contribution is 2.18. The molecular formula is C14H14Br2N2O2. The van der Waals surface area contributed by atoms with Gasteiger partial charge >= 0.3 is 0 Å². The molecule has 106 valence electrons. The monoisotopic (exact) mass is 400 g/mol. The molecule has 0 bridgehead atoms. The first-order valence-corrected chi connectivity index (χ1v) is 7.61. The van der Waals surface area contributed by atoms with Gasteiger partial charge in [-0.3, -0.25) is 4.79 Å². The summed E-state index contributed by atoms with van der Waals surface area (Å²) < 4.78 is 8.64. The van der Waals surface area contributed by atoms with Crippen molar-refractivity contribution in [3.63, 3.8) is 0 Å². The molecule has 20 heavy (non-hydrogen) atoms. The van der Waals surface area contributed by atoms with Crippen molar-refractivity contribution in [2.75, 3.05) is 12.3 Å². The zero-order valence-corrected chi connectivity index (χ0v) is 14.1. The van der Waals surface area contributed by atoms with E-state index in [1.165, 1.54) is 0 Å². The third kappa shape index (κ3) is 3.43. The summed E-state index contributed by atoms with van der Waals surface area (Å²) in [5, 5.41) is 0. The van der Waals surface area contributed by atoms with Crippen molar-refractivity contribution in [3.05, 3.63) is 55.3 Å². The molecule has 0 aliphatic heterocycles. The molecule has 0 spiro atoms. The minimum Gasteiger partial charge on any atom is -0.492 e. The molecule has 0 unspecified atom stereocenters. The lowest BCUT2D eigenvalue weighted by atomic mass is 10.2. The summed E-state index contributed by atoms with van der Waals surface area (Å²) >= 11 is 6.63.